The van der Waals surface area contributed by atoms with Crippen LogP contribution in [0.15, 0.2) is 36.5 Å². The van der Waals surface area contributed by atoms with Crippen molar-refractivity contribution in [1.29, 1.82) is 0 Å². The van der Waals surface area contributed by atoms with Gasteiger partial charge in [-0.2, -0.15) is 0 Å². The summed E-state index contributed by atoms with van der Waals surface area (Å²) in [5.41, 5.74) is 1.38. The number of rotatable bonds is 4. The maximum atomic E-state index is 12.1. The molecule has 0 spiro atoms. The van der Waals surface area contributed by atoms with Crippen LogP contribution in [0.1, 0.15) is 23.7 Å². The van der Waals surface area contributed by atoms with E-state index in [9.17, 15) is 4.79 Å². The normalized spacial score (nSPS) is 12.3. The summed E-state index contributed by atoms with van der Waals surface area (Å²) in [5, 5.41) is 12.7. The molecular formula is C14H16N2O2. The van der Waals surface area contributed by atoms with Gasteiger partial charge in [-0.25, -0.2) is 0 Å². The van der Waals surface area contributed by atoms with Crippen LogP contribution in [0.5, 0.6) is 0 Å². The van der Waals surface area contributed by atoms with Crippen molar-refractivity contribution in [2.24, 2.45) is 0 Å². The lowest BCUT2D eigenvalue weighted by molar-refractivity contribution is 0.0916. The van der Waals surface area contributed by atoms with Crippen LogP contribution in [0.4, 0.5) is 0 Å². The number of benzene rings is 1. The van der Waals surface area contributed by atoms with Gasteiger partial charge in [0.2, 0.25) is 0 Å². The second-order valence-corrected chi connectivity index (χ2v) is 4.14. The average Bonchev–Trinajstić information content (AvgIpc) is 2.43. The second kappa shape index (κ2) is 5.60. The van der Waals surface area contributed by atoms with Gasteiger partial charge in [0.05, 0.1) is 23.7 Å². The van der Waals surface area contributed by atoms with Gasteiger partial charge in [-0.05, 0) is 18.6 Å². The summed E-state index contributed by atoms with van der Waals surface area (Å²) in [5.74, 6) is -0.172. The maximum Gasteiger partial charge on any atom is 0.252 e. The highest BCUT2D eigenvalue weighted by atomic mass is 16.3. The molecule has 0 radical (unpaired) electrons. The molecule has 4 heteroatoms. The lowest BCUT2D eigenvalue weighted by Gasteiger charge is -2.14. The molecule has 4 nitrogen and oxygen atoms in total. The number of carbonyl (C=O) groups is 1. The van der Waals surface area contributed by atoms with Gasteiger partial charge < -0.3 is 10.4 Å². The first-order chi connectivity index (χ1) is 8.76. The number of aliphatic hydroxyl groups excluding tert-OH is 1. The van der Waals surface area contributed by atoms with Crippen molar-refractivity contribution in [3.8, 4) is 0 Å². The third-order valence-electron chi connectivity index (χ3n) is 2.94. The Kier molecular flexibility index (Phi) is 3.89. The SMILES string of the molecule is CC[C@@H](CO)NC(=O)c1ccnc2ccccc12. The van der Waals surface area contributed by atoms with E-state index in [0.29, 0.717) is 12.0 Å². The highest BCUT2D eigenvalue weighted by Gasteiger charge is 2.13. The first-order valence-electron chi connectivity index (χ1n) is 6.01. The van der Waals surface area contributed by atoms with E-state index in [2.05, 4.69) is 10.3 Å². The Morgan fingerprint density at radius 1 is 1.39 bits per heavy atom. The monoisotopic (exact) mass is 244 g/mol. The Hall–Kier alpha value is -1.94. The largest absolute Gasteiger partial charge is 0.394 e. The van der Waals surface area contributed by atoms with Gasteiger partial charge in [0, 0.05) is 11.6 Å². The molecule has 94 valence electrons. The van der Waals surface area contributed by atoms with E-state index in [1.807, 2.05) is 31.2 Å². The number of aromatic nitrogens is 1. The summed E-state index contributed by atoms with van der Waals surface area (Å²) in [7, 11) is 0. The number of nitrogens with zero attached hydrogens (tertiary/aromatic N) is 1. The zero-order valence-electron chi connectivity index (χ0n) is 10.3. The van der Waals surface area contributed by atoms with Crippen LogP contribution in [0, 0.1) is 0 Å². The van der Waals surface area contributed by atoms with E-state index in [1.165, 1.54) is 0 Å². The Morgan fingerprint density at radius 2 is 2.17 bits per heavy atom. The fourth-order valence-corrected chi connectivity index (χ4v) is 1.83. The van der Waals surface area contributed by atoms with Crippen molar-refractivity contribution < 1.29 is 9.90 Å². The molecule has 1 amide bonds. The Morgan fingerprint density at radius 3 is 2.89 bits per heavy atom. The minimum atomic E-state index is -0.204. The van der Waals surface area contributed by atoms with Gasteiger partial charge in [-0.3, -0.25) is 9.78 Å². The van der Waals surface area contributed by atoms with Gasteiger partial charge >= 0.3 is 0 Å². The molecule has 0 saturated carbocycles. The quantitative estimate of drug-likeness (QED) is 0.861. The standard InChI is InChI=1S/C14H16N2O2/c1-2-10(9-17)16-14(18)12-7-8-15-13-6-4-3-5-11(12)13/h3-8,10,17H,2,9H2,1H3,(H,16,18)/t10-/m0/s1. The number of hydrogen-bond donors (Lipinski definition) is 2. The molecule has 2 rings (SSSR count). The molecule has 1 atom stereocenters. The fraction of sp³-hybridized carbons (Fsp3) is 0.286. The molecule has 1 heterocycles. The highest BCUT2D eigenvalue weighted by Crippen LogP contribution is 2.16. The lowest BCUT2D eigenvalue weighted by Crippen LogP contribution is -2.37. The Labute approximate surface area is 106 Å². The van der Waals surface area contributed by atoms with Crippen LogP contribution in [0.2, 0.25) is 0 Å². The molecule has 0 bridgehead atoms. The van der Waals surface area contributed by atoms with Gasteiger partial charge in [-0.15, -0.1) is 0 Å². The molecule has 0 aliphatic heterocycles. The number of nitrogens with one attached hydrogen (secondary N) is 1. The Balaban J connectivity index is 2.33. The van der Waals surface area contributed by atoms with Crippen molar-refractivity contribution in [2.45, 2.75) is 19.4 Å². The highest BCUT2D eigenvalue weighted by molar-refractivity contribution is 6.06. The number of aliphatic hydroxyl groups is 1. The summed E-state index contributed by atoms with van der Waals surface area (Å²) in [6, 6.07) is 9.00. The third-order valence-corrected chi connectivity index (χ3v) is 2.94. The van der Waals surface area contributed by atoms with E-state index in [-0.39, 0.29) is 18.6 Å². The maximum absolute atomic E-state index is 12.1. The zero-order chi connectivity index (χ0) is 13.0. The van der Waals surface area contributed by atoms with Gasteiger partial charge in [-0.1, -0.05) is 25.1 Å². The van der Waals surface area contributed by atoms with E-state index in [0.717, 1.165) is 10.9 Å². The predicted octanol–water partition coefficient (Wildman–Crippen LogP) is 1.74. The topological polar surface area (TPSA) is 62.2 Å². The van der Waals surface area contributed by atoms with E-state index in [4.69, 9.17) is 5.11 Å². The van der Waals surface area contributed by atoms with Crippen molar-refractivity contribution in [2.75, 3.05) is 6.61 Å². The molecule has 1 aromatic heterocycles. The molecular weight excluding hydrogens is 228 g/mol. The van der Waals surface area contributed by atoms with E-state index >= 15 is 0 Å². The minimum absolute atomic E-state index is 0.0503. The first kappa shape index (κ1) is 12.5. The molecule has 0 unspecified atom stereocenters. The number of amides is 1. The molecule has 18 heavy (non-hydrogen) atoms. The Bertz CT molecular complexity index is 545. The number of pyridine rings is 1. The lowest BCUT2D eigenvalue weighted by atomic mass is 10.1. The smallest absolute Gasteiger partial charge is 0.252 e. The summed E-state index contributed by atoms with van der Waals surface area (Å²) < 4.78 is 0. The van der Waals surface area contributed by atoms with Crippen molar-refractivity contribution >= 4 is 16.8 Å². The molecule has 0 fully saturated rings. The molecule has 0 saturated heterocycles. The van der Waals surface area contributed by atoms with Crippen LogP contribution >= 0.6 is 0 Å². The van der Waals surface area contributed by atoms with Gasteiger partial charge in [0.1, 0.15) is 0 Å². The fourth-order valence-electron chi connectivity index (χ4n) is 1.83. The molecule has 2 N–H and O–H groups in total. The molecule has 0 aliphatic rings. The van der Waals surface area contributed by atoms with Crippen LogP contribution in [0.3, 0.4) is 0 Å². The first-order valence-corrected chi connectivity index (χ1v) is 6.01. The van der Waals surface area contributed by atoms with Gasteiger partial charge in [0.25, 0.3) is 5.91 Å². The summed E-state index contributed by atoms with van der Waals surface area (Å²) >= 11 is 0. The number of hydrogen-bond acceptors (Lipinski definition) is 3. The van der Waals surface area contributed by atoms with Crippen LogP contribution < -0.4 is 5.32 Å². The number of fused-ring (bicyclic) bond motifs is 1. The zero-order valence-corrected chi connectivity index (χ0v) is 10.3. The van der Waals surface area contributed by atoms with Crippen molar-refractivity contribution in [1.82, 2.24) is 10.3 Å². The second-order valence-electron chi connectivity index (χ2n) is 4.14. The predicted molar refractivity (Wildman–Crippen MR) is 70.4 cm³/mol. The summed E-state index contributed by atoms with van der Waals surface area (Å²) in [6.07, 6.45) is 2.32. The van der Waals surface area contributed by atoms with Gasteiger partial charge in [0.15, 0.2) is 0 Å². The van der Waals surface area contributed by atoms with E-state index in [1.54, 1.807) is 12.3 Å². The van der Waals surface area contributed by atoms with Crippen molar-refractivity contribution in [3.05, 3.63) is 42.1 Å². The van der Waals surface area contributed by atoms with Crippen LogP contribution in [-0.2, 0) is 0 Å². The minimum Gasteiger partial charge on any atom is -0.394 e. The molecule has 1 aromatic carbocycles. The van der Waals surface area contributed by atoms with Crippen LogP contribution in [0.25, 0.3) is 10.9 Å². The summed E-state index contributed by atoms with van der Waals surface area (Å²) in [6.45, 7) is 1.87. The van der Waals surface area contributed by atoms with E-state index < -0.39 is 0 Å². The summed E-state index contributed by atoms with van der Waals surface area (Å²) in [4.78, 5) is 16.4. The molecule has 0 aliphatic carbocycles. The van der Waals surface area contributed by atoms with Crippen molar-refractivity contribution in [3.63, 3.8) is 0 Å². The van der Waals surface area contributed by atoms with Crippen LogP contribution in [-0.4, -0.2) is 28.6 Å². The average molecular weight is 244 g/mol. The number of para-hydroxylation sites is 1. The molecule has 2 aromatic rings. The third kappa shape index (κ3) is 2.49. The number of carbonyl (C=O) groups excluding carboxylic acids is 1.